The smallest absolute Gasteiger partial charge is 0.253 e. The van der Waals surface area contributed by atoms with Gasteiger partial charge < -0.3 is 15.1 Å². The lowest BCUT2D eigenvalue weighted by Gasteiger charge is -2.36. The van der Waals surface area contributed by atoms with E-state index in [2.05, 4.69) is 29.3 Å². The van der Waals surface area contributed by atoms with Gasteiger partial charge in [-0.25, -0.2) is 0 Å². The second kappa shape index (κ2) is 6.16. The van der Waals surface area contributed by atoms with E-state index in [0.717, 1.165) is 51.1 Å². The summed E-state index contributed by atoms with van der Waals surface area (Å²) in [6, 6.07) is 6.52. The van der Waals surface area contributed by atoms with E-state index in [1.807, 2.05) is 18.0 Å². The number of carbonyl (C=O) groups excluding carboxylic acids is 1. The van der Waals surface area contributed by atoms with E-state index in [1.54, 1.807) is 0 Å². The summed E-state index contributed by atoms with van der Waals surface area (Å²) in [4.78, 5) is 17.1. The van der Waals surface area contributed by atoms with Crippen LogP contribution < -0.4 is 5.32 Å². The van der Waals surface area contributed by atoms with E-state index in [1.165, 1.54) is 11.1 Å². The number of rotatable bonds is 3. The predicted molar refractivity (Wildman–Crippen MR) is 84.2 cm³/mol. The average molecular weight is 287 g/mol. The van der Waals surface area contributed by atoms with E-state index >= 15 is 0 Å². The minimum atomic E-state index is 0.166. The molecular weight excluding hydrogens is 262 g/mol. The second-order valence-electron chi connectivity index (χ2n) is 6.17. The van der Waals surface area contributed by atoms with E-state index in [0.29, 0.717) is 6.04 Å². The van der Waals surface area contributed by atoms with Crippen LogP contribution in [0.25, 0.3) is 0 Å². The third-order valence-corrected chi connectivity index (χ3v) is 4.96. The van der Waals surface area contributed by atoms with Crippen molar-refractivity contribution in [3.63, 3.8) is 0 Å². The van der Waals surface area contributed by atoms with Crippen molar-refractivity contribution in [1.82, 2.24) is 15.1 Å². The third kappa shape index (κ3) is 2.97. The molecule has 1 aromatic carbocycles. The maximum absolute atomic E-state index is 12.7. The average Bonchev–Trinajstić information content (AvgIpc) is 3.01. The van der Waals surface area contributed by atoms with Crippen molar-refractivity contribution < 1.29 is 4.79 Å². The van der Waals surface area contributed by atoms with E-state index in [9.17, 15) is 4.79 Å². The molecule has 4 heteroatoms. The first-order valence-corrected chi connectivity index (χ1v) is 8.01. The number of piperidine rings is 1. The molecule has 0 saturated carbocycles. The normalized spacial score (nSPS) is 19.5. The highest BCUT2D eigenvalue weighted by Gasteiger charge is 2.26. The van der Waals surface area contributed by atoms with Crippen molar-refractivity contribution in [3.8, 4) is 0 Å². The van der Waals surface area contributed by atoms with E-state index in [-0.39, 0.29) is 5.91 Å². The van der Waals surface area contributed by atoms with Gasteiger partial charge in [0.1, 0.15) is 0 Å². The molecule has 1 saturated heterocycles. The number of fused-ring (bicyclic) bond motifs is 1. The highest BCUT2D eigenvalue weighted by molar-refractivity contribution is 5.94. The minimum absolute atomic E-state index is 0.166. The van der Waals surface area contributed by atoms with Crippen molar-refractivity contribution in [3.05, 3.63) is 34.9 Å². The Morgan fingerprint density at radius 3 is 2.71 bits per heavy atom. The molecule has 0 spiro atoms. The Morgan fingerprint density at radius 1 is 1.29 bits per heavy atom. The number of amides is 1. The van der Waals surface area contributed by atoms with Gasteiger partial charge in [0.15, 0.2) is 0 Å². The highest BCUT2D eigenvalue weighted by Crippen LogP contribution is 2.21. The number of likely N-dealkylation sites (tertiary alicyclic amines) is 1. The van der Waals surface area contributed by atoms with Crippen molar-refractivity contribution >= 4 is 5.91 Å². The van der Waals surface area contributed by atoms with Crippen molar-refractivity contribution in [1.29, 1.82) is 0 Å². The fraction of sp³-hybridized carbons (Fsp3) is 0.588. The fourth-order valence-electron chi connectivity index (χ4n) is 3.42. The fourth-order valence-corrected chi connectivity index (χ4v) is 3.42. The van der Waals surface area contributed by atoms with Gasteiger partial charge in [0.25, 0.3) is 5.91 Å². The van der Waals surface area contributed by atoms with Gasteiger partial charge >= 0.3 is 0 Å². The number of benzene rings is 1. The molecule has 0 aliphatic carbocycles. The molecular formula is C17H25N3O. The van der Waals surface area contributed by atoms with Crippen LogP contribution in [0, 0.1) is 0 Å². The Hall–Kier alpha value is -1.39. The van der Waals surface area contributed by atoms with Crippen LogP contribution in [0.2, 0.25) is 0 Å². The molecule has 2 aliphatic heterocycles. The van der Waals surface area contributed by atoms with Crippen molar-refractivity contribution in [2.45, 2.75) is 38.9 Å². The molecule has 2 aliphatic rings. The number of hydrogen-bond donors (Lipinski definition) is 1. The Bertz CT molecular complexity index is 521. The SMILES string of the molecule is CCN1CCC(N(C)C(=O)c2ccc3c(c2)CNC3)CC1. The lowest BCUT2D eigenvalue weighted by molar-refractivity contribution is 0.0647. The van der Waals surface area contributed by atoms with Gasteiger partial charge in [0.2, 0.25) is 0 Å². The lowest BCUT2D eigenvalue weighted by atomic mass is 10.0. The molecule has 3 rings (SSSR count). The summed E-state index contributed by atoms with van der Waals surface area (Å²) in [5.74, 6) is 0.166. The molecule has 1 fully saturated rings. The molecule has 1 aromatic rings. The molecule has 1 amide bonds. The highest BCUT2D eigenvalue weighted by atomic mass is 16.2. The van der Waals surface area contributed by atoms with Crippen LogP contribution in [-0.2, 0) is 13.1 Å². The summed E-state index contributed by atoms with van der Waals surface area (Å²) < 4.78 is 0. The molecule has 114 valence electrons. The molecule has 0 bridgehead atoms. The van der Waals surface area contributed by atoms with Crippen LogP contribution >= 0.6 is 0 Å². The predicted octanol–water partition coefficient (Wildman–Crippen LogP) is 1.85. The summed E-state index contributed by atoms with van der Waals surface area (Å²) >= 11 is 0. The first-order valence-electron chi connectivity index (χ1n) is 8.01. The molecule has 4 nitrogen and oxygen atoms in total. The van der Waals surface area contributed by atoms with Crippen LogP contribution in [0.4, 0.5) is 0 Å². The second-order valence-corrected chi connectivity index (χ2v) is 6.17. The number of nitrogens with zero attached hydrogens (tertiary/aromatic N) is 2. The van der Waals surface area contributed by atoms with Gasteiger partial charge in [0, 0.05) is 44.8 Å². The zero-order valence-electron chi connectivity index (χ0n) is 13.1. The van der Waals surface area contributed by atoms with Gasteiger partial charge in [-0.3, -0.25) is 4.79 Å². The molecule has 2 heterocycles. The Morgan fingerprint density at radius 2 is 2.00 bits per heavy atom. The molecule has 0 radical (unpaired) electrons. The zero-order valence-corrected chi connectivity index (χ0v) is 13.1. The third-order valence-electron chi connectivity index (χ3n) is 4.96. The van der Waals surface area contributed by atoms with Gasteiger partial charge in [-0.1, -0.05) is 13.0 Å². The topological polar surface area (TPSA) is 35.6 Å². The van der Waals surface area contributed by atoms with Crippen molar-refractivity contribution in [2.75, 3.05) is 26.7 Å². The van der Waals surface area contributed by atoms with Gasteiger partial charge in [0.05, 0.1) is 0 Å². The largest absolute Gasteiger partial charge is 0.339 e. The van der Waals surface area contributed by atoms with Crippen LogP contribution in [0.3, 0.4) is 0 Å². The standard InChI is InChI=1S/C17H25N3O/c1-3-20-8-6-16(7-9-20)19(2)17(21)13-4-5-14-11-18-12-15(14)10-13/h4-5,10,16,18H,3,6-9,11-12H2,1-2H3. The quantitative estimate of drug-likeness (QED) is 0.921. The van der Waals surface area contributed by atoms with Crippen LogP contribution in [-0.4, -0.2) is 48.4 Å². The number of hydrogen-bond acceptors (Lipinski definition) is 3. The first kappa shape index (κ1) is 14.5. The summed E-state index contributed by atoms with van der Waals surface area (Å²) in [7, 11) is 1.96. The van der Waals surface area contributed by atoms with Crippen LogP contribution in [0.5, 0.6) is 0 Å². The number of nitrogens with one attached hydrogen (secondary N) is 1. The Balaban J connectivity index is 1.67. The Kier molecular flexibility index (Phi) is 4.27. The van der Waals surface area contributed by atoms with Gasteiger partial charge in [-0.2, -0.15) is 0 Å². The van der Waals surface area contributed by atoms with Crippen LogP contribution in [0.15, 0.2) is 18.2 Å². The van der Waals surface area contributed by atoms with Crippen molar-refractivity contribution in [2.24, 2.45) is 0 Å². The van der Waals surface area contributed by atoms with Crippen LogP contribution in [0.1, 0.15) is 41.3 Å². The maximum atomic E-state index is 12.7. The first-order chi connectivity index (χ1) is 10.2. The molecule has 21 heavy (non-hydrogen) atoms. The minimum Gasteiger partial charge on any atom is -0.339 e. The molecule has 0 unspecified atom stereocenters. The van der Waals surface area contributed by atoms with E-state index < -0.39 is 0 Å². The molecule has 1 N–H and O–H groups in total. The van der Waals surface area contributed by atoms with E-state index in [4.69, 9.17) is 0 Å². The molecule has 0 atom stereocenters. The summed E-state index contributed by atoms with van der Waals surface area (Å²) in [6.07, 6.45) is 2.17. The van der Waals surface area contributed by atoms with Gasteiger partial charge in [-0.15, -0.1) is 0 Å². The Labute approximate surface area is 127 Å². The summed E-state index contributed by atoms with van der Waals surface area (Å²) in [5, 5.41) is 3.33. The lowest BCUT2D eigenvalue weighted by Crippen LogP contribution is -2.45. The molecule has 0 aromatic heterocycles. The number of carbonyl (C=O) groups is 1. The zero-order chi connectivity index (χ0) is 14.8. The van der Waals surface area contributed by atoms with Gasteiger partial charge in [-0.05, 0) is 42.6 Å². The maximum Gasteiger partial charge on any atom is 0.253 e. The summed E-state index contributed by atoms with van der Waals surface area (Å²) in [5.41, 5.74) is 3.43. The monoisotopic (exact) mass is 287 g/mol. The summed E-state index contributed by atoms with van der Waals surface area (Å²) in [6.45, 7) is 7.33.